The fourth-order valence-corrected chi connectivity index (χ4v) is 3.73. The van der Waals surface area contributed by atoms with Gasteiger partial charge in [-0.1, -0.05) is 22.4 Å². The molecule has 1 aromatic carbocycles. The Morgan fingerprint density at radius 3 is 2.29 bits per heavy atom. The number of hydrogen-bond donors (Lipinski definition) is 0. The molecule has 0 bridgehead atoms. The summed E-state index contributed by atoms with van der Waals surface area (Å²) in [6.07, 6.45) is -3.50. The van der Waals surface area contributed by atoms with E-state index < -0.39 is 53.3 Å². The highest BCUT2D eigenvalue weighted by Crippen LogP contribution is 2.31. The van der Waals surface area contributed by atoms with E-state index in [0.29, 0.717) is 0 Å². The highest BCUT2D eigenvalue weighted by molar-refractivity contribution is 6.21. The van der Waals surface area contributed by atoms with Crippen molar-refractivity contribution in [1.82, 2.24) is 25.0 Å². The number of alkyl halides is 2. The molecular formula is C21H21F2N5O6. The Balaban J connectivity index is 1.52. The van der Waals surface area contributed by atoms with Gasteiger partial charge in [-0.25, -0.2) is 23.1 Å². The highest BCUT2D eigenvalue weighted by atomic mass is 19.3. The third-order valence-corrected chi connectivity index (χ3v) is 5.22. The van der Waals surface area contributed by atoms with Crippen LogP contribution in [0.25, 0.3) is 0 Å². The van der Waals surface area contributed by atoms with Crippen molar-refractivity contribution < 1.29 is 37.5 Å². The lowest BCUT2D eigenvalue weighted by molar-refractivity contribution is -0.0591. The van der Waals surface area contributed by atoms with Crippen molar-refractivity contribution in [1.29, 1.82) is 0 Å². The van der Waals surface area contributed by atoms with Crippen LogP contribution in [0, 0.1) is 0 Å². The second kappa shape index (κ2) is 8.47. The van der Waals surface area contributed by atoms with E-state index in [1.54, 1.807) is 20.8 Å². The minimum Gasteiger partial charge on any atom is -0.444 e. The van der Waals surface area contributed by atoms with Crippen LogP contribution in [0.2, 0.25) is 0 Å². The highest BCUT2D eigenvalue weighted by Gasteiger charge is 2.41. The molecule has 0 N–H and O–H groups in total. The lowest BCUT2D eigenvalue weighted by atomic mass is 10.1. The average Bonchev–Trinajstić information content (AvgIpc) is 3.46. The first kappa shape index (κ1) is 23.3. The van der Waals surface area contributed by atoms with Crippen molar-refractivity contribution in [2.45, 2.75) is 45.3 Å². The number of fused-ring (bicyclic) bond motifs is 1. The van der Waals surface area contributed by atoms with Gasteiger partial charge in [0.2, 0.25) is 5.69 Å². The molecule has 0 aliphatic carbocycles. The number of aromatic nitrogens is 3. The number of benzene rings is 1. The lowest BCUT2D eigenvalue weighted by Gasteiger charge is -2.24. The number of hydroxylamine groups is 2. The van der Waals surface area contributed by atoms with Gasteiger partial charge in [-0.05, 0) is 39.3 Å². The van der Waals surface area contributed by atoms with Gasteiger partial charge in [0.05, 0.1) is 17.2 Å². The van der Waals surface area contributed by atoms with Crippen LogP contribution in [0.3, 0.4) is 0 Å². The maximum Gasteiger partial charge on any atom is 0.410 e. The van der Waals surface area contributed by atoms with Gasteiger partial charge in [-0.3, -0.25) is 9.59 Å². The predicted molar refractivity (Wildman–Crippen MR) is 109 cm³/mol. The van der Waals surface area contributed by atoms with Crippen LogP contribution in [0.1, 0.15) is 76.6 Å². The Bertz CT molecular complexity index is 1140. The van der Waals surface area contributed by atoms with Crippen molar-refractivity contribution in [3.63, 3.8) is 0 Å². The zero-order valence-electron chi connectivity index (χ0n) is 18.5. The van der Waals surface area contributed by atoms with Crippen LogP contribution in [0.5, 0.6) is 0 Å². The van der Waals surface area contributed by atoms with Crippen LogP contribution in [0.15, 0.2) is 24.3 Å². The third-order valence-electron chi connectivity index (χ3n) is 5.22. The van der Waals surface area contributed by atoms with Gasteiger partial charge in [-0.15, -0.1) is 5.10 Å². The quantitative estimate of drug-likeness (QED) is 0.616. The SMILES string of the molecule is CC(C)(C)OC(=O)N1CCC(n2nnc(C(=O)ON3C(=O)c4ccccc4C3=O)c2C(F)F)C1. The smallest absolute Gasteiger partial charge is 0.410 e. The van der Waals surface area contributed by atoms with Crippen LogP contribution >= 0.6 is 0 Å². The van der Waals surface area contributed by atoms with Crippen LogP contribution in [-0.4, -0.2) is 67.5 Å². The van der Waals surface area contributed by atoms with Gasteiger partial charge in [0.15, 0.2) is 0 Å². The van der Waals surface area contributed by atoms with Gasteiger partial charge in [0.25, 0.3) is 18.2 Å². The number of hydrogen-bond acceptors (Lipinski definition) is 8. The number of likely N-dealkylation sites (tertiary alicyclic amines) is 1. The molecule has 3 amide bonds. The van der Waals surface area contributed by atoms with Gasteiger partial charge in [0, 0.05) is 13.1 Å². The van der Waals surface area contributed by atoms with Gasteiger partial charge in [-0.2, -0.15) is 0 Å². The molecular weight excluding hydrogens is 456 g/mol. The molecule has 2 aliphatic heterocycles. The van der Waals surface area contributed by atoms with E-state index in [-0.39, 0.29) is 35.7 Å². The Morgan fingerprint density at radius 1 is 1.12 bits per heavy atom. The molecule has 180 valence electrons. The van der Waals surface area contributed by atoms with E-state index in [1.165, 1.54) is 29.2 Å². The number of ether oxygens (including phenoxy) is 1. The molecule has 1 unspecified atom stereocenters. The summed E-state index contributed by atoms with van der Waals surface area (Å²) in [5.74, 6) is -3.23. The molecule has 1 atom stereocenters. The lowest BCUT2D eigenvalue weighted by Crippen LogP contribution is -2.35. The van der Waals surface area contributed by atoms with Gasteiger partial charge < -0.3 is 14.5 Å². The number of carbonyl (C=O) groups excluding carboxylic acids is 4. The maximum absolute atomic E-state index is 13.9. The summed E-state index contributed by atoms with van der Waals surface area (Å²) < 4.78 is 34.0. The average molecular weight is 477 g/mol. The molecule has 11 nitrogen and oxygen atoms in total. The number of carbonyl (C=O) groups is 4. The summed E-state index contributed by atoms with van der Waals surface area (Å²) >= 11 is 0. The van der Waals surface area contributed by atoms with Gasteiger partial charge >= 0.3 is 12.1 Å². The predicted octanol–water partition coefficient (Wildman–Crippen LogP) is 2.77. The zero-order valence-corrected chi connectivity index (χ0v) is 18.5. The molecule has 0 spiro atoms. The minimum atomic E-state index is -3.17. The zero-order chi connectivity index (χ0) is 24.8. The van der Waals surface area contributed by atoms with E-state index in [2.05, 4.69) is 10.3 Å². The van der Waals surface area contributed by atoms with Gasteiger partial charge in [0.1, 0.15) is 11.3 Å². The molecule has 2 aliphatic rings. The van der Waals surface area contributed by atoms with E-state index in [0.717, 1.165) is 4.68 Å². The molecule has 1 saturated heterocycles. The molecule has 0 saturated carbocycles. The van der Waals surface area contributed by atoms with Crippen molar-refractivity contribution in [3.05, 3.63) is 46.8 Å². The normalized spacial score (nSPS) is 18.0. The molecule has 1 fully saturated rings. The first-order chi connectivity index (χ1) is 16.0. The van der Waals surface area contributed by atoms with E-state index in [1.807, 2.05) is 0 Å². The number of rotatable bonds is 4. The number of amides is 3. The summed E-state index contributed by atoms with van der Waals surface area (Å²) in [6, 6.07) is 5.11. The molecule has 1 aromatic heterocycles. The van der Waals surface area contributed by atoms with Crippen molar-refractivity contribution in [3.8, 4) is 0 Å². The van der Waals surface area contributed by atoms with E-state index in [4.69, 9.17) is 9.57 Å². The molecule has 13 heteroatoms. The fourth-order valence-electron chi connectivity index (χ4n) is 3.73. The van der Waals surface area contributed by atoms with Crippen molar-refractivity contribution in [2.75, 3.05) is 13.1 Å². The number of imide groups is 1. The van der Waals surface area contributed by atoms with E-state index >= 15 is 0 Å². The summed E-state index contributed by atoms with van der Waals surface area (Å²) in [7, 11) is 0. The summed E-state index contributed by atoms with van der Waals surface area (Å²) in [5, 5.41) is 7.42. The minimum absolute atomic E-state index is 0.0187. The van der Waals surface area contributed by atoms with Crippen molar-refractivity contribution >= 4 is 23.9 Å². The maximum atomic E-state index is 13.9. The largest absolute Gasteiger partial charge is 0.444 e. The molecule has 2 aromatic rings. The van der Waals surface area contributed by atoms with Crippen LogP contribution in [0.4, 0.5) is 13.6 Å². The Morgan fingerprint density at radius 2 is 1.74 bits per heavy atom. The monoisotopic (exact) mass is 477 g/mol. The number of nitrogens with zero attached hydrogens (tertiary/aromatic N) is 5. The first-order valence-corrected chi connectivity index (χ1v) is 10.4. The summed E-state index contributed by atoms with van der Waals surface area (Å²) in [5.41, 5.74) is -2.35. The van der Waals surface area contributed by atoms with Crippen molar-refractivity contribution in [2.24, 2.45) is 0 Å². The van der Waals surface area contributed by atoms with E-state index in [9.17, 15) is 28.0 Å². The topological polar surface area (TPSA) is 124 Å². The first-order valence-electron chi connectivity index (χ1n) is 10.4. The second-order valence-corrected chi connectivity index (χ2v) is 8.77. The molecule has 34 heavy (non-hydrogen) atoms. The summed E-state index contributed by atoms with van der Waals surface area (Å²) in [4.78, 5) is 55.9. The van der Waals surface area contributed by atoms with Crippen LogP contribution in [-0.2, 0) is 9.57 Å². The molecule has 4 rings (SSSR count). The Hall–Kier alpha value is -3.90. The van der Waals surface area contributed by atoms with Crippen LogP contribution < -0.4 is 0 Å². The fraction of sp³-hybridized carbons (Fsp3) is 0.429. The standard InChI is InChI=1S/C21H21F2N5O6/c1-21(2,3)33-20(32)26-9-8-11(10-26)27-15(16(22)23)14(24-25-27)19(31)34-28-17(29)12-6-4-5-7-13(12)18(28)30/h4-7,11,16H,8-10H2,1-3H3. The second-order valence-electron chi connectivity index (χ2n) is 8.77. The molecule has 0 radical (unpaired) electrons. The summed E-state index contributed by atoms with van der Waals surface area (Å²) in [6.45, 7) is 5.37. The third kappa shape index (κ3) is 4.20. The Labute approximate surface area is 192 Å². The Kier molecular flexibility index (Phi) is 5.79. The molecule has 3 heterocycles. The number of halogens is 2.